The second kappa shape index (κ2) is 6.94. The van der Waals surface area contributed by atoms with Gasteiger partial charge in [0.25, 0.3) is 5.91 Å². The smallest absolute Gasteiger partial charge is 0.254 e. The van der Waals surface area contributed by atoms with Gasteiger partial charge in [0.15, 0.2) is 0 Å². The van der Waals surface area contributed by atoms with E-state index >= 15 is 0 Å². The van der Waals surface area contributed by atoms with Crippen LogP contribution in [0.1, 0.15) is 18.1 Å². The molecule has 0 saturated carbocycles. The molecule has 3 N–H and O–H groups in total. The second-order valence-electron chi connectivity index (χ2n) is 7.12. The molecule has 2 unspecified atom stereocenters. The van der Waals surface area contributed by atoms with Crippen molar-refractivity contribution < 1.29 is 9.53 Å². The standard InChI is InChI=1S/C18H24BrN5O2/c1-10-6-13(19)7-11(2)15(10)24-9-14-16(22-24)20-18(21-17(14)25)23-4-5-26-12(3)8-23/h6-7,9,12,16,18,20,22H,4-5,8H2,1-3H3,(H,21,25)/t12-,16?,18?/m1/s1. The Morgan fingerprint density at radius 3 is 2.69 bits per heavy atom. The Balaban J connectivity index is 1.54. The van der Waals surface area contributed by atoms with Gasteiger partial charge < -0.3 is 10.1 Å². The van der Waals surface area contributed by atoms with Crippen LogP contribution in [0.5, 0.6) is 0 Å². The van der Waals surface area contributed by atoms with Gasteiger partial charge in [-0.25, -0.2) is 5.43 Å². The van der Waals surface area contributed by atoms with Crippen LogP contribution in [0.4, 0.5) is 5.69 Å². The first-order valence-electron chi connectivity index (χ1n) is 8.89. The van der Waals surface area contributed by atoms with Gasteiger partial charge in [0.05, 0.1) is 24.0 Å². The molecule has 3 aliphatic heterocycles. The molecule has 0 aromatic heterocycles. The zero-order valence-electron chi connectivity index (χ0n) is 15.2. The van der Waals surface area contributed by atoms with E-state index in [1.807, 2.05) is 11.2 Å². The number of aryl methyl sites for hydroxylation is 2. The molecule has 0 radical (unpaired) electrons. The number of benzene rings is 1. The van der Waals surface area contributed by atoms with Gasteiger partial charge in [0, 0.05) is 23.8 Å². The first-order chi connectivity index (χ1) is 12.4. The zero-order chi connectivity index (χ0) is 18.4. The minimum absolute atomic E-state index is 0.0414. The predicted molar refractivity (Wildman–Crippen MR) is 103 cm³/mol. The van der Waals surface area contributed by atoms with Crippen molar-refractivity contribution in [1.29, 1.82) is 0 Å². The fraction of sp³-hybridized carbons (Fsp3) is 0.500. The Kier molecular flexibility index (Phi) is 4.79. The highest BCUT2D eigenvalue weighted by Crippen LogP contribution is 2.31. The average Bonchev–Trinajstić information content (AvgIpc) is 2.98. The lowest BCUT2D eigenvalue weighted by molar-refractivity contribution is -0.124. The minimum Gasteiger partial charge on any atom is -0.376 e. The lowest BCUT2D eigenvalue weighted by atomic mass is 10.1. The minimum atomic E-state index is -0.214. The predicted octanol–water partition coefficient (Wildman–Crippen LogP) is 1.32. The van der Waals surface area contributed by atoms with Crippen LogP contribution in [0.15, 0.2) is 28.4 Å². The number of rotatable bonds is 2. The maximum atomic E-state index is 12.7. The Morgan fingerprint density at radius 2 is 2.00 bits per heavy atom. The van der Waals surface area contributed by atoms with Crippen molar-refractivity contribution in [3.8, 4) is 0 Å². The largest absolute Gasteiger partial charge is 0.376 e. The number of fused-ring (bicyclic) bond motifs is 1. The highest BCUT2D eigenvalue weighted by molar-refractivity contribution is 9.10. The summed E-state index contributed by atoms with van der Waals surface area (Å²) in [6.07, 6.45) is 1.64. The van der Waals surface area contributed by atoms with E-state index in [9.17, 15) is 4.79 Å². The SMILES string of the molecule is Cc1cc(Br)cc(C)c1N1C=C2C(=O)NC(N3CCO[C@H](C)C3)NC2N1. The summed E-state index contributed by atoms with van der Waals surface area (Å²) in [5, 5.41) is 8.51. The summed E-state index contributed by atoms with van der Waals surface area (Å²) in [4.78, 5) is 14.9. The normalized spacial score (nSPS) is 29.4. The van der Waals surface area contributed by atoms with E-state index in [2.05, 4.69) is 69.8 Å². The molecule has 2 saturated heterocycles. The van der Waals surface area contributed by atoms with Crippen LogP contribution in [-0.2, 0) is 9.53 Å². The van der Waals surface area contributed by atoms with Crippen LogP contribution in [-0.4, -0.2) is 49.1 Å². The number of nitrogens with zero attached hydrogens (tertiary/aromatic N) is 2. The van der Waals surface area contributed by atoms with Gasteiger partial charge in [0.2, 0.25) is 0 Å². The van der Waals surface area contributed by atoms with E-state index in [1.165, 1.54) is 0 Å². The molecular weight excluding hydrogens is 398 g/mol. The van der Waals surface area contributed by atoms with Crippen LogP contribution in [0, 0.1) is 13.8 Å². The fourth-order valence-electron chi connectivity index (χ4n) is 3.87. The summed E-state index contributed by atoms with van der Waals surface area (Å²) in [5.74, 6) is -0.0414. The Bertz CT molecular complexity index is 745. The van der Waals surface area contributed by atoms with Crippen molar-refractivity contribution in [1.82, 2.24) is 21.0 Å². The number of nitrogens with one attached hydrogen (secondary N) is 3. The zero-order valence-corrected chi connectivity index (χ0v) is 16.8. The van der Waals surface area contributed by atoms with Crippen molar-refractivity contribution in [3.63, 3.8) is 0 Å². The van der Waals surface area contributed by atoms with Crippen molar-refractivity contribution in [2.24, 2.45) is 0 Å². The third kappa shape index (κ3) is 3.27. The molecule has 1 amide bonds. The van der Waals surface area contributed by atoms with Gasteiger partial charge in [-0.15, -0.1) is 0 Å². The molecule has 1 aromatic carbocycles. The molecule has 0 spiro atoms. The number of hydrogen-bond acceptors (Lipinski definition) is 6. The van der Waals surface area contributed by atoms with Crippen molar-refractivity contribution in [2.45, 2.75) is 39.3 Å². The molecular formula is C18H24BrN5O2. The van der Waals surface area contributed by atoms with E-state index in [1.54, 1.807) is 0 Å². The number of hydrogen-bond donors (Lipinski definition) is 3. The first-order valence-corrected chi connectivity index (χ1v) is 9.68. The molecule has 3 atom stereocenters. The van der Waals surface area contributed by atoms with Gasteiger partial charge in [-0.3, -0.25) is 20.0 Å². The van der Waals surface area contributed by atoms with E-state index in [0.29, 0.717) is 12.2 Å². The van der Waals surface area contributed by atoms with Crippen LogP contribution in [0.3, 0.4) is 0 Å². The third-order valence-electron chi connectivity index (χ3n) is 5.04. The molecule has 0 bridgehead atoms. The highest BCUT2D eigenvalue weighted by atomic mass is 79.9. The molecule has 140 valence electrons. The summed E-state index contributed by atoms with van der Waals surface area (Å²) < 4.78 is 6.66. The van der Waals surface area contributed by atoms with E-state index in [0.717, 1.165) is 34.4 Å². The summed E-state index contributed by atoms with van der Waals surface area (Å²) >= 11 is 3.54. The average molecular weight is 422 g/mol. The maximum Gasteiger partial charge on any atom is 0.254 e. The summed E-state index contributed by atoms with van der Waals surface area (Å²) in [5.41, 5.74) is 7.46. The lowest BCUT2D eigenvalue weighted by Crippen LogP contribution is -2.68. The summed E-state index contributed by atoms with van der Waals surface area (Å²) in [6.45, 7) is 8.46. The topological polar surface area (TPSA) is 68.9 Å². The van der Waals surface area contributed by atoms with Crippen molar-refractivity contribution >= 4 is 27.5 Å². The van der Waals surface area contributed by atoms with Crippen molar-refractivity contribution in [3.05, 3.63) is 39.5 Å². The number of amides is 1. The molecule has 7 nitrogen and oxygen atoms in total. The number of carbonyl (C=O) groups excluding carboxylic acids is 1. The summed E-state index contributed by atoms with van der Waals surface area (Å²) in [6, 6.07) is 4.16. The molecule has 4 rings (SSSR count). The van der Waals surface area contributed by atoms with E-state index in [4.69, 9.17) is 4.74 Å². The van der Waals surface area contributed by atoms with Gasteiger partial charge in [-0.1, -0.05) is 15.9 Å². The molecule has 3 heterocycles. The monoisotopic (exact) mass is 421 g/mol. The van der Waals surface area contributed by atoms with Crippen LogP contribution in [0.25, 0.3) is 0 Å². The molecule has 26 heavy (non-hydrogen) atoms. The number of morpholine rings is 1. The van der Waals surface area contributed by atoms with Gasteiger partial charge >= 0.3 is 0 Å². The number of carbonyl (C=O) groups is 1. The van der Waals surface area contributed by atoms with E-state index < -0.39 is 0 Å². The third-order valence-corrected chi connectivity index (χ3v) is 5.49. The fourth-order valence-corrected chi connectivity index (χ4v) is 4.56. The molecule has 3 aliphatic rings. The second-order valence-corrected chi connectivity index (χ2v) is 8.04. The van der Waals surface area contributed by atoms with E-state index in [-0.39, 0.29) is 24.5 Å². The van der Waals surface area contributed by atoms with Crippen LogP contribution in [0.2, 0.25) is 0 Å². The van der Waals surface area contributed by atoms with Crippen LogP contribution < -0.4 is 21.1 Å². The highest BCUT2D eigenvalue weighted by Gasteiger charge is 2.39. The molecule has 8 heteroatoms. The molecule has 2 fully saturated rings. The number of hydrazine groups is 1. The first kappa shape index (κ1) is 17.9. The Hall–Kier alpha value is -1.45. The van der Waals surface area contributed by atoms with Gasteiger partial charge in [-0.05, 0) is 44.0 Å². The number of halogens is 1. The quantitative estimate of drug-likeness (QED) is 0.668. The van der Waals surface area contributed by atoms with Gasteiger partial charge in [0.1, 0.15) is 12.5 Å². The van der Waals surface area contributed by atoms with Crippen LogP contribution >= 0.6 is 15.9 Å². The summed E-state index contributed by atoms with van der Waals surface area (Å²) in [7, 11) is 0. The maximum absolute atomic E-state index is 12.7. The lowest BCUT2D eigenvalue weighted by Gasteiger charge is -2.41. The molecule has 1 aromatic rings. The van der Waals surface area contributed by atoms with Gasteiger partial charge in [-0.2, -0.15) is 0 Å². The molecule has 0 aliphatic carbocycles. The number of anilines is 1. The number of ether oxygens (including phenoxy) is 1. The van der Waals surface area contributed by atoms with Crippen molar-refractivity contribution in [2.75, 3.05) is 24.7 Å². The Labute approximate surface area is 161 Å². The Morgan fingerprint density at radius 1 is 1.27 bits per heavy atom.